The van der Waals surface area contributed by atoms with Crippen molar-refractivity contribution in [2.45, 2.75) is 13.0 Å². The Bertz CT molecular complexity index is 581. The van der Waals surface area contributed by atoms with Gasteiger partial charge in [0.1, 0.15) is 0 Å². The van der Waals surface area contributed by atoms with Crippen molar-refractivity contribution in [1.82, 2.24) is 20.6 Å². The fourth-order valence-electron chi connectivity index (χ4n) is 1.51. The van der Waals surface area contributed by atoms with Crippen LogP contribution >= 0.6 is 15.9 Å². The van der Waals surface area contributed by atoms with Crippen molar-refractivity contribution < 1.29 is 9.59 Å². The Morgan fingerprint density at radius 3 is 2.60 bits per heavy atom. The van der Waals surface area contributed by atoms with Gasteiger partial charge in [-0.25, -0.2) is 0 Å². The topological polar surface area (TPSA) is 76.0 Å². The summed E-state index contributed by atoms with van der Waals surface area (Å²) in [6, 6.07) is 8.63. The summed E-state index contributed by atoms with van der Waals surface area (Å²) in [6.45, 7) is 0.465. The first-order valence-electron chi connectivity index (χ1n) is 5.97. The number of hydrogen-bond donors (Lipinski definition) is 2. The van der Waals surface area contributed by atoms with Crippen LogP contribution in [-0.2, 0) is 11.3 Å². The lowest BCUT2D eigenvalue weighted by molar-refractivity contribution is -0.122. The average molecular weight is 337 g/mol. The summed E-state index contributed by atoms with van der Waals surface area (Å²) in [7, 11) is 0. The quantitative estimate of drug-likeness (QED) is 0.830. The number of aryl methyl sites for hydroxylation is 1. The van der Waals surface area contributed by atoms with E-state index in [4.69, 9.17) is 0 Å². The molecule has 0 saturated heterocycles. The Labute approximate surface area is 124 Å². The number of carbonyl (C=O) groups excluding carboxylic acids is 2. The molecule has 0 aliphatic rings. The van der Waals surface area contributed by atoms with Crippen LogP contribution in [0.2, 0.25) is 0 Å². The molecule has 0 aliphatic heterocycles. The fraction of sp³-hybridized carbons (Fsp3) is 0.154. The van der Waals surface area contributed by atoms with Crippen LogP contribution in [-0.4, -0.2) is 21.6 Å². The van der Waals surface area contributed by atoms with Gasteiger partial charge < -0.3 is 0 Å². The van der Waals surface area contributed by atoms with Crippen LogP contribution in [0.5, 0.6) is 0 Å². The van der Waals surface area contributed by atoms with Gasteiger partial charge in [0.2, 0.25) is 5.91 Å². The van der Waals surface area contributed by atoms with Crippen molar-refractivity contribution in [3.63, 3.8) is 0 Å². The molecule has 1 aromatic carbocycles. The van der Waals surface area contributed by atoms with E-state index in [1.165, 1.54) is 0 Å². The normalized spacial score (nSPS) is 10.1. The maximum Gasteiger partial charge on any atom is 0.269 e. The van der Waals surface area contributed by atoms with Crippen LogP contribution in [0, 0.1) is 0 Å². The summed E-state index contributed by atoms with van der Waals surface area (Å²) in [5, 5.41) is 3.98. The molecule has 0 fully saturated rings. The van der Waals surface area contributed by atoms with E-state index in [0.717, 1.165) is 4.47 Å². The van der Waals surface area contributed by atoms with E-state index in [2.05, 4.69) is 31.9 Å². The smallest absolute Gasteiger partial charge is 0.269 e. The predicted octanol–water partition coefficient (Wildman–Crippen LogP) is 1.50. The van der Waals surface area contributed by atoms with Crippen molar-refractivity contribution in [3.8, 4) is 0 Å². The summed E-state index contributed by atoms with van der Waals surface area (Å²) >= 11 is 3.29. The molecular formula is C13H13BrN4O2. The Morgan fingerprint density at radius 1 is 1.20 bits per heavy atom. The second kappa shape index (κ2) is 6.85. The van der Waals surface area contributed by atoms with E-state index in [1.54, 1.807) is 47.4 Å². The molecule has 2 N–H and O–H groups in total. The van der Waals surface area contributed by atoms with Gasteiger partial charge in [-0.15, -0.1) is 0 Å². The largest absolute Gasteiger partial charge is 0.273 e. The van der Waals surface area contributed by atoms with Crippen LogP contribution in [0.1, 0.15) is 16.8 Å². The van der Waals surface area contributed by atoms with Crippen molar-refractivity contribution in [1.29, 1.82) is 0 Å². The second-order valence-corrected chi connectivity index (χ2v) is 4.94. The lowest BCUT2D eigenvalue weighted by Crippen LogP contribution is -2.41. The molecular weight excluding hydrogens is 324 g/mol. The zero-order valence-electron chi connectivity index (χ0n) is 10.5. The van der Waals surface area contributed by atoms with Gasteiger partial charge >= 0.3 is 0 Å². The highest BCUT2D eigenvalue weighted by Gasteiger charge is 2.07. The number of aromatic nitrogens is 2. The summed E-state index contributed by atoms with van der Waals surface area (Å²) in [4.78, 5) is 23.3. The van der Waals surface area contributed by atoms with Crippen LogP contribution in [0.25, 0.3) is 0 Å². The fourth-order valence-corrected chi connectivity index (χ4v) is 1.78. The van der Waals surface area contributed by atoms with Gasteiger partial charge in [0, 0.05) is 35.4 Å². The number of nitrogens with zero attached hydrogens (tertiary/aromatic N) is 2. The van der Waals surface area contributed by atoms with Gasteiger partial charge in [-0.2, -0.15) is 5.10 Å². The Kier molecular flexibility index (Phi) is 4.89. The van der Waals surface area contributed by atoms with Gasteiger partial charge in [0.15, 0.2) is 0 Å². The van der Waals surface area contributed by atoms with Crippen LogP contribution in [0.4, 0.5) is 0 Å². The van der Waals surface area contributed by atoms with E-state index in [1.807, 2.05) is 0 Å². The van der Waals surface area contributed by atoms with Crippen molar-refractivity contribution >= 4 is 27.7 Å². The highest BCUT2D eigenvalue weighted by atomic mass is 79.9. The van der Waals surface area contributed by atoms with Gasteiger partial charge in [0.05, 0.1) is 0 Å². The van der Waals surface area contributed by atoms with Crippen LogP contribution in [0.15, 0.2) is 47.2 Å². The number of halogens is 1. The number of hydrogen-bond acceptors (Lipinski definition) is 3. The predicted molar refractivity (Wildman–Crippen MR) is 76.6 cm³/mol. The molecule has 2 amide bonds. The summed E-state index contributed by atoms with van der Waals surface area (Å²) in [5.41, 5.74) is 5.20. The molecule has 2 rings (SSSR count). The first-order chi connectivity index (χ1) is 9.65. The van der Waals surface area contributed by atoms with Gasteiger partial charge in [-0.05, 0) is 30.3 Å². The van der Waals surface area contributed by atoms with Crippen molar-refractivity contribution in [2.75, 3.05) is 0 Å². The lowest BCUT2D eigenvalue weighted by atomic mass is 10.2. The number of rotatable bonds is 4. The number of nitrogens with one attached hydrogen (secondary N) is 2. The number of hydrazine groups is 1. The Balaban J connectivity index is 1.75. The van der Waals surface area contributed by atoms with Crippen LogP contribution < -0.4 is 10.9 Å². The molecule has 0 spiro atoms. The summed E-state index contributed by atoms with van der Waals surface area (Å²) in [6.07, 6.45) is 3.66. The molecule has 104 valence electrons. The third kappa shape index (κ3) is 4.20. The third-order valence-electron chi connectivity index (χ3n) is 2.55. The first kappa shape index (κ1) is 14.3. The van der Waals surface area contributed by atoms with Gasteiger partial charge in [-0.1, -0.05) is 15.9 Å². The molecule has 0 aliphatic carbocycles. The molecule has 0 saturated carbocycles. The maximum atomic E-state index is 11.7. The standard InChI is InChI=1S/C13H13BrN4O2/c14-11-4-2-10(3-5-11)13(20)17-16-12(19)6-9-18-8-1-7-15-18/h1-5,7-8H,6,9H2,(H,16,19)(H,17,20). The van der Waals surface area contributed by atoms with E-state index < -0.39 is 0 Å². The first-order valence-corrected chi connectivity index (χ1v) is 6.76. The molecule has 20 heavy (non-hydrogen) atoms. The molecule has 0 unspecified atom stereocenters. The van der Waals surface area contributed by atoms with Gasteiger partial charge in [-0.3, -0.25) is 25.1 Å². The maximum absolute atomic E-state index is 11.7. The Morgan fingerprint density at radius 2 is 1.95 bits per heavy atom. The summed E-state index contributed by atoms with van der Waals surface area (Å²) < 4.78 is 2.54. The SMILES string of the molecule is O=C(CCn1cccn1)NNC(=O)c1ccc(Br)cc1. The molecule has 2 aromatic rings. The van der Waals surface area contributed by atoms with E-state index in [9.17, 15) is 9.59 Å². The Hall–Kier alpha value is -2.15. The minimum atomic E-state index is -0.357. The molecule has 0 radical (unpaired) electrons. The molecule has 6 nitrogen and oxygen atoms in total. The van der Waals surface area contributed by atoms with E-state index in [0.29, 0.717) is 12.1 Å². The van der Waals surface area contributed by atoms with Crippen molar-refractivity contribution in [2.24, 2.45) is 0 Å². The monoisotopic (exact) mass is 336 g/mol. The molecule has 0 bridgehead atoms. The summed E-state index contributed by atoms with van der Waals surface area (Å²) in [5.74, 6) is -0.629. The molecule has 0 atom stereocenters. The third-order valence-corrected chi connectivity index (χ3v) is 3.08. The minimum Gasteiger partial charge on any atom is -0.273 e. The molecule has 1 aromatic heterocycles. The van der Waals surface area contributed by atoms with E-state index in [-0.39, 0.29) is 18.2 Å². The lowest BCUT2D eigenvalue weighted by Gasteiger charge is -2.07. The highest BCUT2D eigenvalue weighted by Crippen LogP contribution is 2.10. The average Bonchev–Trinajstić information content (AvgIpc) is 2.96. The van der Waals surface area contributed by atoms with Crippen molar-refractivity contribution in [3.05, 3.63) is 52.8 Å². The zero-order chi connectivity index (χ0) is 14.4. The number of carbonyl (C=O) groups is 2. The molecule has 1 heterocycles. The number of benzene rings is 1. The van der Waals surface area contributed by atoms with Gasteiger partial charge in [0.25, 0.3) is 5.91 Å². The van der Waals surface area contributed by atoms with Crippen LogP contribution in [0.3, 0.4) is 0 Å². The second-order valence-electron chi connectivity index (χ2n) is 4.03. The minimum absolute atomic E-state index is 0.238. The van der Waals surface area contributed by atoms with E-state index >= 15 is 0 Å². The highest BCUT2D eigenvalue weighted by molar-refractivity contribution is 9.10. The molecule has 7 heteroatoms. The zero-order valence-corrected chi connectivity index (χ0v) is 12.1. The number of amides is 2.